The van der Waals surface area contributed by atoms with Gasteiger partial charge in [-0.05, 0) is 75.4 Å². The molecule has 2 N–H and O–H groups in total. The Morgan fingerprint density at radius 2 is 2.10 bits per heavy atom. The minimum atomic E-state index is -0.0695. The van der Waals surface area contributed by atoms with Crippen LogP contribution in [0.1, 0.15) is 59.4 Å². The van der Waals surface area contributed by atoms with Crippen molar-refractivity contribution in [2.45, 2.75) is 58.6 Å². The number of rotatable bonds is 5. The Balaban J connectivity index is 1.37. The average molecular weight is 405 g/mol. The van der Waals surface area contributed by atoms with Crippen LogP contribution in [0.3, 0.4) is 0 Å². The minimum absolute atomic E-state index is 0.0695. The molecule has 0 fully saturated rings. The number of nitrogens with one attached hydrogen (secondary N) is 2. The molecule has 2 heterocycles. The van der Waals surface area contributed by atoms with Gasteiger partial charge >= 0.3 is 0 Å². The molecule has 5 rings (SSSR count). The topological polar surface area (TPSA) is 63.3 Å². The van der Waals surface area contributed by atoms with Crippen molar-refractivity contribution >= 4 is 16.8 Å². The van der Waals surface area contributed by atoms with Crippen molar-refractivity contribution in [3.63, 3.8) is 0 Å². The van der Waals surface area contributed by atoms with Gasteiger partial charge in [-0.1, -0.05) is 0 Å². The fourth-order valence-electron chi connectivity index (χ4n) is 4.73. The molecule has 1 atom stereocenters. The van der Waals surface area contributed by atoms with Gasteiger partial charge in [-0.2, -0.15) is 0 Å². The van der Waals surface area contributed by atoms with E-state index in [9.17, 15) is 4.79 Å². The summed E-state index contributed by atoms with van der Waals surface area (Å²) >= 11 is 0. The second kappa shape index (κ2) is 7.71. The molecule has 0 radical (unpaired) electrons. The third kappa shape index (κ3) is 3.42. The van der Waals surface area contributed by atoms with E-state index >= 15 is 0 Å². The van der Waals surface area contributed by atoms with E-state index in [1.54, 1.807) is 0 Å². The van der Waals surface area contributed by atoms with Crippen LogP contribution in [0.15, 0.2) is 30.3 Å². The number of H-pyrrole nitrogens is 1. The second-order valence-corrected chi connectivity index (χ2v) is 8.37. The number of amides is 1. The molecule has 5 nitrogen and oxygen atoms in total. The number of aromatic amines is 1. The molecule has 156 valence electrons. The zero-order chi connectivity index (χ0) is 20.7. The summed E-state index contributed by atoms with van der Waals surface area (Å²) in [4.78, 5) is 16.4. The Kier molecular flexibility index (Phi) is 4.89. The smallest absolute Gasteiger partial charge is 0.251 e. The van der Waals surface area contributed by atoms with Gasteiger partial charge in [0, 0.05) is 46.3 Å². The highest BCUT2D eigenvalue weighted by atomic mass is 16.5. The first-order chi connectivity index (χ1) is 14.6. The van der Waals surface area contributed by atoms with E-state index < -0.39 is 0 Å². The Morgan fingerprint density at radius 1 is 1.23 bits per heavy atom. The van der Waals surface area contributed by atoms with Gasteiger partial charge < -0.3 is 19.8 Å². The zero-order valence-corrected chi connectivity index (χ0v) is 17.6. The lowest BCUT2D eigenvalue weighted by Crippen LogP contribution is -2.23. The number of benzene rings is 2. The molecule has 1 amide bonds. The molecule has 2 aliphatic rings. The van der Waals surface area contributed by atoms with Gasteiger partial charge in [-0.25, -0.2) is 0 Å². The van der Waals surface area contributed by atoms with Crippen LogP contribution in [0, 0.1) is 0 Å². The number of aromatic nitrogens is 1. The van der Waals surface area contributed by atoms with Crippen molar-refractivity contribution in [1.29, 1.82) is 0 Å². The molecule has 1 aliphatic heterocycles. The van der Waals surface area contributed by atoms with E-state index in [1.165, 1.54) is 35.0 Å². The van der Waals surface area contributed by atoms with Crippen LogP contribution in [0.5, 0.6) is 11.5 Å². The Hall–Kier alpha value is -2.95. The van der Waals surface area contributed by atoms with Crippen LogP contribution in [-0.2, 0) is 25.8 Å². The Bertz CT molecular complexity index is 1120. The summed E-state index contributed by atoms with van der Waals surface area (Å²) in [6.45, 7) is 5.03. The molecule has 30 heavy (non-hydrogen) atoms. The van der Waals surface area contributed by atoms with Crippen molar-refractivity contribution in [3.8, 4) is 11.5 Å². The molecule has 1 unspecified atom stereocenters. The maximum Gasteiger partial charge on any atom is 0.251 e. The van der Waals surface area contributed by atoms with Crippen molar-refractivity contribution in [3.05, 3.63) is 58.3 Å². The van der Waals surface area contributed by atoms with Crippen molar-refractivity contribution < 1.29 is 14.3 Å². The number of hydrogen-bond acceptors (Lipinski definition) is 3. The molecular weight excluding hydrogens is 376 g/mol. The number of aryl methyl sites for hydroxylation is 2. The van der Waals surface area contributed by atoms with E-state index in [0.29, 0.717) is 18.7 Å². The van der Waals surface area contributed by atoms with Crippen LogP contribution >= 0.6 is 0 Å². The summed E-state index contributed by atoms with van der Waals surface area (Å²) in [5, 5.41) is 4.26. The normalized spacial score (nSPS) is 17.3. The molecule has 3 aromatic rings. The maximum atomic E-state index is 12.9. The van der Waals surface area contributed by atoms with Crippen LogP contribution in [-0.4, -0.2) is 23.6 Å². The lowest BCUT2D eigenvalue weighted by Gasteiger charge is -2.14. The fraction of sp³-hybridized carbons (Fsp3) is 0.400. The fourth-order valence-corrected chi connectivity index (χ4v) is 4.73. The summed E-state index contributed by atoms with van der Waals surface area (Å²) in [7, 11) is 0. The molecule has 0 saturated carbocycles. The van der Waals surface area contributed by atoms with Crippen LogP contribution < -0.4 is 14.8 Å². The molecule has 5 heteroatoms. The third-order valence-electron chi connectivity index (χ3n) is 6.18. The Morgan fingerprint density at radius 3 is 2.97 bits per heavy atom. The van der Waals surface area contributed by atoms with Gasteiger partial charge in [0.05, 0.1) is 6.61 Å². The van der Waals surface area contributed by atoms with Crippen molar-refractivity contribution in [1.82, 2.24) is 10.3 Å². The molecule has 0 saturated heterocycles. The average Bonchev–Trinajstić information content (AvgIpc) is 3.30. The summed E-state index contributed by atoms with van der Waals surface area (Å²) in [5.74, 6) is 1.65. The number of ether oxygens (including phenoxy) is 2. The zero-order valence-electron chi connectivity index (χ0n) is 17.6. The number of fused-ring (bicyclic) bond motifs is 4. The third-order valence-corrected chi connectivity index (χ3v) is 6.18. The molecule has 0 spiro atoms. The largest absolute Gasteiger partial charge is 0.494 e. The standard InChI is InChI=1S/C25H28N2O3/c1-3-29-23-12-17-10-15(2)30-24(17)13-18(23)14-26-25(28)16-8-9-22-20(11-16)19-6-4-5-7-21(19)27-22/h8-9,11-13,15,27H,3-7,10,14H2,1-2H3,(H,26,28). The SMILES string of the molecule is CCOc1cc2c(cc1CNC(=O)c1ccc3[nH]c4c(c3c1)CCCC4)OC(C)C2. The summed E-state index contributed by atoms with van der Waals surface area (Å²) in [5.41, 5.74) is 6.65. The Labute approximate surface area is 176 Å². The van der Waals surface area contributed by atoms with E-state index in [4.69, 9.17) is 9.47 Å². The van der Waals surface area contributed by atoms with Gasteiger partial charge in [0.25, 0.3) is 5.91 Å². The lowest BCUT2D eigenvalue weighted by atomic mass is 9.95. The highest BCUT2D eigenvalue weighted by Crippen LogP contribution is 2.35. The first kappa shape index (κ1) is 19.0. The molecular formula is C25H28N2O3. The first-order valence-corrected chi connectivity index (χ1v) is 11.0. The number of carbonyl (C=O) groups excluding carboxylic acids is 1. The van der Waals surface area contributed by atoms with E-state index in [0.717, 1.165) is 41.8 Å². The predicted molar refractivity (Wildman–Crippen MR) is 118 cm³/mol. The molecule has 1 aliphatic carbocycles. The van der Waals surface area contributed by atoms with Gasteiger partial charge in [0.15, 0.2) is 0 Å². The predicted octanol–water partition coefficient (Wildman–Crippen LogP) is 4.70. The maximum absolute atomic E-state index is 12.9. The van der Waals surface area contributed by atoms with E-state index in [2.05, 4.69) is 23.3 Å². The monoisotopic (exact) mass is 404 g/mol. The molecule has 2 aromatic carbocycles. The number of hydrogen-bond donors (Lipinski definition) is 2. The second-order valence-electron chi connectivity index (χ2n) is 8.37. The number of carbonyl (C=O) groups is 1. The van der Waals surface area contributed by atoms with Crippen LogP contribution in [0.25, 0.3) is 10.9 Å². The minimum Gasteiger partial charge on any atom is -0.494 e. The molecule has 1 aromatic heterocycles. The van der Waals surface area contributed by atoms with Gasteiger partial charge in [0.1, 0.15) is 17.6 Å². The van der Waals surface area contributed by atoms with Gasteiger partial charge in [-0.15, -0.1) is 0 Å². The molecule has 0 bridgehead atoms. The van der Waals surface area contributed by atoms with Gasteiger partial charge in [-0.3, -0.25) is 4.79 Å². The summed E-state index contributed by atoms with van der Waals surface area (Å²) in [6.07, 6.45) is 5.71. The summed E-state index contributed by atoms with van der Waals surface area (Å²) in [6, 6.07) is 10.0. The highest BCUT2D eigenvalue weighted by Gasteiger charge is 2.22. The lowest BCUT2D eigenvalue weighted by molar-refractivity contribution is 0.0950. The van der Waals surface area contributed by atoms with E-state index in [-0.39, 0.29) is 12.0 Å². The van der Waals surface area contributed by atoms with Crippen LogP contribution in [0.2, 0.25) is 0 Å². The highest BCUT2D eigenvalue weighted by molar-refractivity contribution is 5.99. The van der Waals surface area contributed by atoms with E-state index in [1.807, 2.05) is 31.2 Å². The van der Waals surface area contributed by atoms with Gasteiger partial charge in [0.2, 0.25) is 0 Å². The van der Waals surface area contributed by atoms with Crippen LogP contribution in [0.4, 0.5) is 0 Å². The summed E-state index contributed by atoms with van der Waals surface area (Å²) < 4.78 is 11.7. The quantitative estimate of drug-likeness (QED) is 0.648. The first-order valence-electron chi connectivity index (χ1n) is 11.0. The van der Waals surface area contributed by atoms with Crippen molar-refractivity contribution in [2.24, 2.45) is 0 Å². The van der Waals surface area contributed by atoms with Crippen molar-refractivity contribution in [2.75, 3.05) is 6.61 Å².